The normalized spacial score (nSPS) is 10.2. The van der Waals surface area contributed by atoms with Gasteiger partial charge >= 0.3 is 5.97 Å². The number of aryl methyl sites for hydroxylation is 2. The summed E-state index contributed by atoms with van der Waals surface area (Å²) in [4.78, 5) is 22.5. The van der Waals surface area contributed by atoms with E-state index in [4.69, 9.17) is 9.15 Å². The van der Waals surface area contributed by atoms with Crippen molar-refractivity contribution in [2.75, 3.05) is 6.61 Å². The van der Waals surface area contributed by atoms with Gasteiger partial charge in [-0.1, -0.05) is 0 Å². The van der Waals surface area contributed by atoms with Gasteiger partial charge in [-0.25, -0.2) is 0 Å². The predicted octanol–water partition coefficient (Wildman–Crippen LogP) is 2.43. The molecule has 0 amide bonds. The van der Waals surface area contributed by atoms with Crippen LogP contribution in [0.5, 0.6) is 0 Å². The molecule has 0 saturated heterocycles. The lowest BCUT2D eigenvalue weighted by Gasteiger charge is -2.01. The van der Waals surface area contributed by atoms with Crippen molar-refractivity contribution < 1.29 is 18.7 Å². The Morgan fingerprint density at radius 1 is 1.24 bits per heavy atom. The molecule has 4 nitrogen and oxygen atoms in total. The van der Waals surface area contributed by atoms with E-state index in [1.807, 2.05) is 19.1 Å². The first kappa shape index (κ1) is 13.5. The molecule has 0 bridgehead atoms. The highest BCUT2D eigenvalue weighted by molar-refractivity contribution is 5.82. The Labute approximate surface area is 101 Å². The number of rotatable bonds is 7. The van der Waals surface area contributed by atoms with Crippen molar-refractivity contribution >= 4 is 11.8 Å². The molecule has 0 fully saturated rings. The molecule has 0 N–H and O–H groups in total. The van der Waals surface area contributed by atoms with Crippen LogP contribution in [0.25, 0.3) is 0 Å². The Hall–Kier alpha value is -1.58. The fraction of sp³-hybridized carbons (Fsp3) is 0.538. The van der Waals surface area contributed by atoms with Crippen molar-refractivity contribution in [3.63, 3.8) is 0 Å². The van der Waals surface area contributed by atoms with Gasteiger partial charge in [0.15, 0.2) is 0 Å². The van der Waals surface area contributed by atoms with Gasteiger partial charge in [-0.2, -0.15) is 0 Å². The number of Topliss-reactive ketones (excluding diaryl/α,β-unsaturated/α-hetero) is 1. The number of ketones is 1. The van der Waals surface area contributed by atoms with E-state index in [0.29, 0.717) is 19.4 Å². The van der Waals surface area contributed by atoms with Crippen LogP contribution in [-0.4, -0.2) is 18.4 Å². The molecular formula is C13H18O4. The number of hydrogen-bond donors (Lipinski definition) is 0. The van der Waals surface area contributed by atoms with E-state index in [1.165, 1.54) is 0 Å². The topological polar surface area (TPSA) is 56.5 Å². The summed E-state index contributed by atoms with van der Waals surface area (Å²) in [6.07, 6.45) is 1.42. The zero-order valence-corrected chi connectivity index (χ0v) is 10.3. The van der Waals surface area contributed by atoms with Crippen molar-refractivity contribution in [1.82, 2.24) is 0 Å². The smallest absolute Gasteiger partial charge is 0.306 e. The molecule has 1 heterocycles. The summed E-state index contributed by atoms with van der Waals surface area (Å²) in [7, 11) is 0. The highest BCUT2D eigenvalue weighted by Gasteiger charge is 2.08. The van der Waals surface area contributed by atoms with Crippen LogP contribution in [0.1, 0.15) is 37.7 Å². The van der Waals surface area contributed by atoms with Gasteiger partial charge in [-0.05, 0) is 26.0 Å². The number of furan rings is 1. The third-order valence-corrected chi connectivity index (χ3v) is 2.36. The van der Waals surface area contributed by atoms with E-state index < -0.39 is 0 Å². The average molecular weight is 238 g/mol. The summed E-state index contributed by atoms with van der Waals surface area (Å²) in [5, 5.41) is 0. The van der Waals surface area contributed by atoms with Crippen LogP contribution in [0.15, 0.2) is 16.5 Å². The maximum absolute atomic E-state index is 11.5. The second-order valence-electron chi connectivity index (χ2n) is 3.86. The van der Waals surface area contributed by atoms with Crippen LogP contribution in [0, 0.1) is 6.92 Å². The van der Waals surface area contributed by atoms with Crippen LogP contribution in [0.2, 0.25) is 0 Å². The van der Waals surface area contributed by atoms with E-state index in [0.717, 1.165) is 11.5 Å². The Morgan fingerprint density at radius 2 is 2.00 bits per heavy atom. The highest BCUT2D eigenvalue weighted by Crippen LogP contribution is 2.10. The molecule has 4 heteroatoms. The minimum atomic E-state index is -0.310. The fourth-order valence-corrected chi connectivity index (χ4v) is 1.48. The Balaban J connectivity index is 2.19. The zero-order valence-electron chi connectivity index (χ0n) is 10.3. The molecule has 0 aliphatic heterocycles. The monoisotopic (exact) mass is 238 g/mol. The standard InChI is InChI=1S/C13H18O4/c1-3-16-13(15)9-6-11(14)5-8-12-7-4-10(2)17-12/h4,7H,3,5-6,8-9H2,1-2H3. The molecule has 0 aromatic carbocycles. The maximum Gasteiger partial charge on any atom is 0.306 e. The average Bonchev–Trinajstić information content (AvgIpc) is 2.70. The van der Waals surface area contributed by atoms with Crippen LogP contribution >= 0.6 is 0 Å². The Bertz CT molecular complexity index is 379. The molecule has 94 valence electrons. The summed E-state index contributed by atoms with van der Waals surface area (Å²) < 4.78 is 10.1. The quantitative estimate of drug-likeness (QED) is 0.684. The van der Waals surface area contributed by atoms with E-state index in [-0.39, 0.29) is 24.6 Å². The van der Waals surface area contributed by atoms with Gasteiger partial charge in [0.1, 0.15) is 17.3 Å². The van der Waals surface area contributed by atoms with Crippen LogP contribution in [0.3, 0.4) is 0 Å². The molecule has 1 aromatic heterocycles. The first-order chi connectivity index (χ1) is 8.11. The number of carbonyl (C=O) groups is 2. The lowest BCUT2D eigenvalue weighted by atomic mass is 10.1. The number of ether oxygens (including phenoxy) is 1. The van der Waals surface area contributed by atoms with E-state index in [1.54, 1.807) is 6.92 Å². The summed E-state index contributed by atoms with van der Waals surface area (Å²) >= 11 is 0. The van der Waals surface area contributed by atoms with Crippen molar-refractivity contribution in [2.24, 2.45) is 0 Å². The predicted molar refractivity (Wildman–Crippen MR) is 62.6 cm³/mol. The van der Waals surface area contributed by atoms with Gasteiger partial charge < -0.3 is 9.15 Å². The fourth-order valence-electron chi connectivity index (χ4n) is 1.48. The number of hydrogen-bond acceptors (Lipinski definition) is 4. The second-order valence-corrected chi connectivity index (χ2v) is 3.86. The van der Waals surface area contributed by atoms with Crippen LogP contribution in [-0.2, 0) is 20.7 Å². The molecule has 1 aromatic rings. The van der Waals surface area contributed by atoms with Crippen LogP contribution < -0.4 is 0 Å². The zero-order chi connectivity index (χ0) is 12.7. The minimum Gasteiger partial charge on any atom is -0.466 e. The van der Waals surface area contributed by atoms with Gasteiger partial charge in [-0.15, -0.1) is 0 Å². The molecule has 0 aliphatic carbocycles. The molecule has 0 atom stereocenters. The Kier molecular flexibility index (Phi) is 5.46. The lowest BCUT2D eigenvalue weighted by Crippen LogP contribution is -2.08. The van der Waals surface area contributed by atoms with E-state index >= 15 is 0 Å². The molecule has 0 unspecified atom stereocenters. The maximum atomic E-state index is 11.5. The lowest BCUT2D eigenvalue weighted by molar-refractivity contribution is -0.144. The second kappa shape index (κ2) is 6.89. The van der Waals surface area contributed by atoms with Crippen molar-refractivity contribution in [3.8, 4) is 0 Å². The van der Waals surface area contributed by atoms with Crippen LogP contribution in [0.4, 0.5) is 0 Å². The van der Waals surface area contributed by atoms with Crippen molar-refractivity contribution in [1.29, 1.82) is 0 Å². The van der Waals surface area contributed by atoms with Gasteiger partial charge in [0.05, 0.1) is 13.0 Å². The van der Waals surface area contributed by atoms with Gasteiger partial charge in [-0.3, -0.25) is 9.59 Å². The molecule has 17 heavy (non-hydrogen) atoms. The summed E-state index contributed by atoms with van der Waals surface area (Å²) in [5.41, 5.74) is 0. The van der Waals surface area contributed by atoms with Gasteiger partial charge in [0.2, 0.25) is 0 Å². The summed E-state index contributed by atoms with van der Waals surface area (Å²) in [6, 6.07) is 3.74. The minimum absolute atomic E-state index is 0.0621. The molecule has 0 saturated carbocycles. The van der Waals surface area contributed by atoms with E-state index in [9.17, 15) is 9.59 Å². The summed E-state index contributed by atoms with van der Waals surface area (Å²) in [6.45, 7) is 3.98. The van der Waals surface area contributed by atoms with E-state index in [2.05, 4.69) is 0 Å². The summed E-state index contributed by atoms with van der Waals surface area (Å²) in [5.74, 6) is 1.41. The SMILES string of the molecule is CCOC(=O)CCC(=O)CCc1ccc(C)o1. The molecule has 1 rings (SSSR count). The third kappa shape index (κ3) is 5.33. The third-order valence-electron chi connectivity index (χ3n) is 2.36. The Morgan fingerprint density at radius 3 is 2.59 bits per heavy atom. The van der Waals surface area contributed by atoms with Crippen molar-refractivity contribution in [2.45, 2.75) is 39.5 Å². The first-order valence-electron chi connectivity index (χ1n) is 5.84. The molecular weight excluding hydrogens is 220 g/mol. The molecule has 0 spiro atoms. The molecule has 0 aliphatic rings. The van der Waals surface area contributed by atoms with Gasteiger partial charge in [0.25, 0.3) is 0 Å². The number of carbonyl (C=O) groups excluding carboxylic acids is 2. The number of esters is 1. The first-order valence-corrected chi connectivity index (χ1v) is 5.84. The largest absolute Gasteiger partial charge is 0.466 e. The van der Waals surface area contributed by atoms with Crippen molar-refractivity contribution in [3.05, 3.63) is 23.7 Å². The van der Waals surface area contributed by atoms with Gasteiger partial charge in [0, 0.05) is 19.3 Å². The molecule has 0 radical (unpaired) electrons. The highest BCUT2D eigenvalue weighted by atomic mass is 16.5.